The number of carbonyl (C=O) groups is 2. The molecule has 2 amide bonds. The summed E-state index contributed by atoms with van der Waals surface area (Å²) < 4.78 is 7.36. The molecule has 0 saturated carbocycles. The van der Waals surface area contributed by atoms with Gasteiger partial charge in [-0.15, -0.1) is 0 Å². The van der Waals surface area contributed by atoms with Gasteiger partial charge < -0.3 is 19.3 Å². The maximum atomic E-state index is 13.0. The number of aromatic nitrogens is 3. The van der Waals surface area contributed by atoms with E-state index in [1.807, 2.05) is 72.3 Å². The normalized spacial score (nSPS) is 15.7. The Morgan fingerprint density at radius 3 is 2.76 bits per heavy atom. The number of likely N-dealkylation sites (tertiary alicyclic amines) is 1. The Balaban J connectivity index is 1.17. The molecule has 1 aliphatic heterocycles. The molecule has 0 spiro atoms. The number of para-hydroxylation sites is 2. The molecule has 174 valence electrons. The third kappa shape index (κ3) is 4.56. The van der Waals surface area contributed by atoms with E-state index in [-0.39, 0.29) is 24.1 Å². The third-order valence-corrected chi connectivity index (χ3v) is 7.03. The maximum Gasteiger partial charge on any atom is 0.243 e. The number of rotatable bonds is 7. The van der Waals surface area contributed by atoms with E-state index in [4.69, 9.17) is 4.52 Å². The van der Waals surface area contributed by atoms with Crippen LogP contribution in [0, 0.1) is 0 Å². The molecular weight excluding hydrogens is 450 g/mol. The highest BCUT2D eigenvalue weighted by molar-refractivity contribution is 7.99. The first-order chi connectivity index (χ1) is 16.6. The number of amides is 2. The average Bonchev–Trinajstić information content (AvgIpc) is 3.61. The summed E-state index contributed by atoms with van der Waals surface area (Å²) in [6.45, 7) is 0.812. The molecule has 2 aromatic carbocycles. The second-order valence-electron chi connectivity index (χ2n) is 8.24. The molecule has 1 N–H and O–H groups in total. The maximum absolute atomic E-state index is 13.0. The van der Waals surface area contributed by atoms with Gasteiger partial charge in [-0.25, -0.2) is 4.98 Å². The first-order valence-electron chi connectivity index (χ1n) is 11.2. The van der Waals surface area contributed by atoms with Crippen molar-refractivity contribution in [2.75, 3.05) is 12.3 Å². The molecule has 5 rings (SSSR count). The number of hydrogen-bond donors (Lipinski definition) is 1. The summed E-state index contributed by atoms with van der Waals surface area (Å²) in [5, 5.41) is 7.77. The zero-order valence-corrected chi connectivity index (χ0v) is 19.6. The topological polar surface area (TPSA) is 93.3 Å². The Morgan fingerprint density at radius 2 is 1.94 bits per heavy atom. The van der Waals surface area contributed by atoms with Gasteiger partial charge in [0.15, 0.2) is 10.9 Å². The molecule has 1 atom stereocenters. The van der Waals surface area contributed by atoms with Crippen LogP contribution in [0.5, 0.6) is 0 Å². The Kier molecular flexibility index (Phi) is 6.35. The van der Waals surface area contributed by atoms with Crippen LogP contribution in [0.15, 0.2) is 70.3 Å². The van der Waals surface area contributed by atoms with E-state index >= 15 is 0 Å². The smallest absolute Gasteiger partial charge is 0.243 e. The highest BCUT2D eigenvalue weighted by atomic mass is 32.2. The van der Waals surface area contributed by atoms with Gasteiger partial charge in [0.1, 0.15) is 11.7 Å². The number of hydrogen-bond acceptors (Lipinski definition) is 6. The van der Waals surface area contributed by atoms with E-state index in [2.05, 4.69) is 15.5 Å². The van der Waals surface area contributed by atoms with Crippen molar-refractivity contribution < 1.29 is 14.1 Å². The average molecular weight is 476 g/mol. The van der Waals surface area contributed by atoms with Crippen molar-refractivity contribution in [3.63, 3.8) is 0 Å². The van der Waals surface area contributed by atoms with E-state index in [1.165, 1.54) is 11.8 Å². The van der Waals surface area contributed by atoms with Gasteiger partial charge in [0.25, 0.3) is 0 Å². The van der Waals surface area contributed by atoms with E-state index in [1.54, 1.807) is 4.90 Å². The molecule has 0 radical (unpaired) electrons. The fourth-order valence-electron chi connectivity index (χ4n) is 4.23. The first-order valence-corrected chi connectivity index (χ1v) is 12.2. The van der Waals surface area contributed by atoms with E-state index < -0.39 is 6.04 Å². The number of nitrogens with zero attached hydrogens (tertiary/aromatic N) is 4. The molecule has 0 unspecified atom stereocenters. The summed E-state index contributed by atoms with van der Waals surface area (Å²) in [6.07, 6.45) is 1.46. The van der Waals surface area contributed by atoms with Gasteiger partial charge >= 0.3 is 0 Å². The third-order valence-electron chi connectivity index (χ3n) is 6.01. The quantitative estimate of drug-likeness (QED) is 0.411. The minimum Gasteiger partial charge on any atom is -0.359 e. The minimum absolute atomic E-state index is 0.0549. The van der Waals surface area contributed by atoms with Crippen molar-refractivity contribution in [1.82, 2.24) is 24.9 Å². The Hall–Kier alpha value is -3.59. The SMILES string of the molecule is Cn1c(SCC(=O)N2CCC[C@H]2C(=O)NCc2cc(-c3ccccc3)no2)nc2ccccc21. The van der Waals surface area contributed by atoms with Crippen LogP contribution < -0.4 is 5.32 Å². The molecule has 8 nitrogen and oxygen atoms in total. The Morgan fingerprint density at radius 1 is 1.15 bits per heavy atom. The van der Waals surface area contributed by atoms with Crippen LogP contribution in [0.1, 0.15) is 18.6 Å². The number of thioether (sulfide) groups is 1. The lowest BCUT2D eigenvalue weighted by molar-refractivity contribution is -0.136. The zero-order chi connectivity index (χ0) is 23.5. The van der Waals surface area contributed by atoms with Gasteiger partial charge in [0.2, 0.25) is 11.8 Å². The highest BCUT2D eigenvalue weighted by Gasteiger charge is 2.34. The molecule has 34 heavy (non-hydrogen) atoms. The fraction of sp³-hybridized carbons (Fsp3) is 0.280. The molecule has 0 bridgehead atoms. The predicted octanol–water partition coefficient (Wildman–Crippen LogP) is 3.63. The number of fused-ring (bicyclic) bond motifs is 1. The second kappa shape index (κ2) is 9.72. The monoisotopic (exact) mass is 475 g/mol. The Bertz CT molecular complexity index is 1320. The molecule has 0 aliphatic carbocycles. The molecule has 2 aromatic heterocycles. The van der Waals surface area contributed by atoms with Crippen LogP contribution in [-0.4, -0.2) is 49.8 Å². The number of benzene rings is 2. The minimum atomic E-state index is -0.468. The van der Waals surface area contributed by atoms with E-state index in [0.717, 1.165) is 33.9 Å². The lowest BCUT2D eigenvalue weighted by atomic mass is 10.1. The summed E-state index contributed by atoms with van der Waals surface area (Å²) in [5.41, 5.74) is 3.61. The van der Waals surface area contributed by atoms with Crippen LogP contribution >= 0.6 is 11.8 Å². The zero-order valence-electron chi connectivity index (χ0n) is 18.8. The lowest BCUT2D eigenvalue weighted by Crippen LogP contribution is -2.46. The number of aryl methyl sites for hydroxylation is 1. The highest BCUT2D eigenvalue weighted by Crippen LogP contribution is 2.25. The second-order valence-corrected chi connectivity index (χ2v) is 9.18. The summed E-state index contributed by atoms with van der Waals surface area (Å²) in [7, 11) is 1.95. The van der Waals surface area contributed by atoms with Gasteiger partial charge in [-0.2, -0.15) is 0 Å². The van der Waals surface area contributed by atoms with Crippen LogP contribution in [0.2, 0.25) is 0 Å². The molecule has 4 aromatic rings. The molecule has 1 saturated heterocycles. The van der Waals surface area contributed by atoms with Crippen molar-refractivity contribution >= 4 is 34.6 Å². The number of nitrogens with one attached hydrogen (secondary N) is 1. The van der Waals surface area contributed by atoms with Crippen molar-refractivity contribution in [2.24, 2.45) is 7.05 Å². The first kappa shape index (κ1) is 22.2. The predicted molar refractivity (Wildman–Crippen MR) is 130 cm³/mol. The van der Waals surface area contributed by atoms with Crippen molar-refractivity contribution in [2.45, 2.75) is 30.6 Å². The summed E-state index contributed by atoms with van der Waals surface area (Å²) in [5.74, 6) is 0.584. The Labute approximate surface area is 201 Å². The van der Waals surface area contributed by atoms with Crippen molar-refractivity contribution in [3.05, 3.63) is 66.4 Å². The van der Waals surface area contributed by atoms with Crippen molar-refractivity contribution in [3.8, 4) is 11.3 Å². The van der Waals surface area contributed by atoms with Gasteiger partial charge in [0, 0.05) is 25.2 Å². The fourth-order valence-corrected chi connectivity index (χ4v) is 5.11. The van der Waals surface area contributed by atoms with Crippen LogP contribution in [-0.2, 0) is 23.2 Å². The summed E-state index contributed by atoms with van der Waals surface area (Å²) in [4.78, 5) is 32.1. The summed E-state index contributed by atoms with van der Waals surface area (Å²) >= 11 is 1.40. The van der Waals surface area contributed by atoms with Crippen LogP contribution in [0.4, 0.5) is 0 Å². The molecule has 9 heteroatoms. The molecular formula is C25H25N5O3S. The van der Waals surface area contributed by atoms with Gasteiger partial charge in [-0.3, -0.25) is 9.59 Å². The summed E-state index contributed by atoms with van der Waals surface area (Å²) in [6, 6.07) is 19.0. The largest absolute Gasteiger partial charge is 0.359 e. The number of carbonyl (C=O) groups excluding carboxylic acids is 2. The molecule has 1 aliphatic rings. The van der Waals surface area contributed by atoms with E-state index in [0.29, 0.717) is 18.7 Å². The van der Waals surface area contributed by atoms with E-state index in [9.17, 15) is 9.59 Å². The van der Waals surface area contributed by atoms with Gasteiger partial charge in [0.05, 0.1) is 23.3 Å². The number of imidazole rings is 1. The van der Waals surface area contributed by atoms with Crippen LogP contribution in [0.25, 0.3) is 22.3 Å². The van der Waals surface area contributed by atoms with Gasteiger partial charge in [-0.05, 0) is 25.0 Å². The molecule has 3 heterocycles. The van der Waals surface area contributed by atoms with Crippen LogP contribution in [0.3, 0.4) is 0 Å². The van der Waals surface area contributed by atoms with Crippen molar-refractivity contribution in [1.29, 1.82) is 0 Å². The lowest BCUT2D eigenvalue weighted by Gasteiger charge is -2.23. The molecule has 1 fully saturated rings. The standard InChI is InChI=1S/C25H25N5O3S/c1-29-21-11-6-5-10-19(21)27-25(29)34-16-23(31)30-13-7-12-22(30)24(32)26-15-18-14-20(28-33-18)17-8-3-2-4-9-17/h2-6,8-11,14,22H,7,12-13,15-16H2,1H3,(H,26,32)/t22-/m0/s1. The van der Waals surface area contributed by atoms with Gasteiger partial charge in [-0.1, -0.05) is 59.4 Å².